The van der Waals surface area contributed by atoms with Crippen LogP contribution in [0.5, 0.6) is 0 Å². The zero-order valence-electron chi connectivity index (χ0n) is 8.87. The highest BCUT2D eigenvalue weighted by Gasteiger charge is 2.15. The second-order valence-electron chi connectivity index (χ2n) is 3.95. The Bertz CT molecular complexity index is 155. The Morgan fingerprint density at radius 2 is 2.43 bits per heavy atom. The molecule has 1 heterocycles. The van der Waals surface area contributed by atoms with E-state index in [0.717, 1.165) is 25.9 Å². The minimum absolute atomic E-state index is 0.359. The summed E-state index contributed by atoms with van der Waals surface area (Å²) < 4.78 is 5.66. The van der Waals surface area contributed by atoms with Crippen molar-refractivity contribution in [2.75, 3.05) is 6.61 Å². The third-order valence-electron chi connectivity index (χ3n) is 2.80. The Morgan fingerprint density at radius 1 is 1.57 bits per heavy atom. The molecule has 0 bridgehead atoms. The van der Waals surface area contributed by atoms with E-state index in [9.17, 15) is 0 Å². The summed E-state index contributed by atoms with van der Waals surface area (Å²) in [4.78, 5) is 0. The predicted octanol–water partition coefficient (Wildman–Crippen LogP) is 1.74. The molecule has 1 saturated heterocycles. The van der Waals surface area contributed by atoms with Gasteiger partial charge < -0.3 is 4.74 Å². The molecule has 1 rings (SSSR count). The number of ether oxygens (including phenoxy) is 1. The molecule has 2 unspecified atom stereocenters. The lowest BCUT2D eigenvalue weighted by Crippen LogP contribution is -2.35. The average molecular weight is 198 g/mol. The number of hydrazine groups is 1. The maximum atomic E-state index is 5.66. The van der Waals surface area contributed by atoms with Gasteiger partial charge in [0, 0.05) is 12.6 Å². The van der Waals surface area contributed by atoms with Gasteiger partial charge in [-0.3, -0.25) is 11.3 Å². The van der Waals surface area contributed by atoms with Crippen molar-refractivity contribution in [3.63, 3.8) is 0 Å². The largest absolute Gasteiger partial charge is 0.378 e. The standard InChI is InChI=1S/C11H22N2O/c1-2-5-10(13-12)7-8-11-6-3-4-9-14-11/h2,10-11,13H,1,3-9,12H2. The quantitative estimate of drug-likeness (QED) is 0.388. The molecule has 2 atom stereocenters. The van der Waals surface area contributed by atoms with E-state index in [2.05, 4.69) is 12.0 Å². The highest BCUT2D eigenvalue weighted by molar-refractivity contribution is 4.77. The van der Waals surface area contributed by atoms with Crippen molar-refractivity contribution in [3.05, 3.63) is 12.7 Å². The molecular formula is C11H22N2O. The summed E-state index contributed by atoms with van der Waals surface area (Å²) >= 11 is 0. The Labute approximate surface area is 86.7 Å². The average Bonchev–Trinajstić information content (AvgIpc) is 2.25. The Morgan fingerprint density at radius 3 is 3.00 bits per heavy atom. The van der Waals surface area contributed by atoms with Crippen molar-refractivity contribution in [1.29, 1.82) is 0 Å². The van der Waals surface area contributed by atoms with Gasteiger partial charge in [0.15, 0.2) is 0 Å². The van der Waals surface area contributed by atoms with Crippen molar-refractivity contribution in [2.24, 2.45) is 5.84 Å². The molecule has 0 radical (unpaired) electrons. The molecule has 1 aliphatic heterocycles. The fraction of sp³-hybridized carbons (Fsp3) is 0.818. The van der Waals surface area contributed by atoms with Crippen LogP contribution in [0, 0.1) is 0 Å². The molecule has 0 aromatic rings. The van der Waals surface area contributed by atoms with Gasteiger partial charge in [-0.15, -0.1) is 6.58 Å². The van der Waals surface area contributed by atoms with Crippen LogP contribution >= 0.6 is 0 Å². The number of hydrogen-bond donors (Lipinski definition) is 2. The van der Waals surface area contributed by atoms with E-state index in [0.29, 0.717) is 12.1 Å². The second-order valence-corrected chi connectivity index (χ2v) is 3.95. The van der Waals surface area contributed by atoms with Crippen LogP contribution in [0.4, 0.5) is 0 Å². The van der Waals surface area contributed by atoms with E-state index >= 15 is 0 Å². The van der Waals surface area contributed by atoms with E-state index in [-0.39, 0.29) is 0 Å². The molecule has 3 heteroatoms. The van der Waals surface area contributed by atoms with Crippen molar-refractivity contribution in [3.8, 4) is 0 Å². The third-order valence-corrected chi connectivity index (χ3v) is 2.80. The molecule has 3 N–H and O–H groups in total. The van der Waals surface area contributed by atoms with Gasteiger partial charge in [0.05, 0.1) is 6.10 Å². The van der Waals surface area contributed by atoms with Gasteiger partial charge in [-0.05, 0) is 38.5 Å². The first-order valence-electron chi connectivity index (χ1n) is 5.55. The molecule has 1 aliphatic rings. The zero-order valence-corrected chi connectivity index (χ0v) is 8.87. The molecule has 3 nitrogen and oxygen atoms in total. The van der Waals surface area contributed by atoms with Gasteiger partial charge >= 0.3 is 0 Å². The Kier molecular flexibility index (Phi) is 5.83. The molecule has 1 fully saturated rings. The molecule has 82 valence electrons. The smallest absolute Gasteiger partial charge is 0.0575 e. The molecule has 14 heavy (non-hydrogen) atoms. The molecule has 0 aromatic carbocycles. The maximum absolute atomic E-state index is 5.66. The van der Waals surface area contributed by atoms with Crippen LogP contribution < -0.4 is 11.3 Å². The van der Waals surface area contributed by atoms with E-state index in [4.69, 9.17) is 10.6 Å². The first kappa shape index (κ1) is 11.7. The summed E-state index contributed by atoms with van der Waals surface area (Å²) in [6.07, 6.45) is 9.25. The van der Waals surface area contributed by atoms with E-state index in [1.807, 2.05) is 6.08 Å². The van der Waals surface area contributed by atoms with Crippen LogP contribution in [0.25, 0.3) is 0 Å². The van der Waals surface area contributed by atoms with Crippen LogP contribution in [0.15, 0.2) is 12.7 Å². The van der Waals surface area contributed by atoms with Crippen LogP contribution in [-0.2, 0) is 4.74 Å². The molecule has 0 spiro atoms. The lowest BCUT2D eigenvalue weighted by Gasteiger charge is -2.24. The van der Waals surface area contributed by atoms with Crippen molar-refractivity contribution >= 4 is 0 Å². The van der Waals surface area contributed by atoms with Crippen LogP contribution in [0.3, 0.4) is 0 Å². The van der Waals surface area contributed by atoms with Gasteiger partial charge in [0.1, 0.15) is 0 Å². The highest BCUT2D eigenvalue weighted by Crippen LogP contribution is 2.18. The monoisotopic (exact) mass is 198 g/mol. The first-order valence-corrected chi connectivity index (χ1v) is 5.55. The van der Waals surface area contributed by atoms with Gasteiger partial charge in [-0.1, -0.05) is 6.08 Å². The summed E-state index contributed by atoms with van der Waals surface area (Å²) in [5.74, 6) is 5.44. The maximum Gasteiger partial charge on any atom is 0.0575 e. The summed E-state index contributed by atoms with van der Waals surface area (Å²) in [6, 6.07) is 0.359. The number of rotatable bonds is 6. The normalized spacial score (nSPS) is 24.5. The molecule has 0 saturated carbocycles. The van der Waals surface area contributed by atoms with Crippen molar-refractivity contribution in [2.45, 2.75) is 50.7 Å². The molecule has 0 aromatic heterocycles. The number of nitrogens with two attached hydrogens (primary N) is 1. The van der Waals surface area contributed by atoms with Crippen molar-refractivity contribution < 1.29 is 4.74 Å². The van der Waals surface area contributed by atoms with E-state index < -0.39 is 0 Å². The van der Waals surface area contributed by atoms with Crippen molar-refractivity contribution in [1.82, 2.24) is 5.43 Å². The lowest BCUT2D eigenvalue weighted by atomic mass is 10.0. The van der Waals surface area contributed by atoms with E-state index in [1.54, 1.807) is 0 Å². The van der Waals surface area contributed by atoms with Crippen LogP contribution in [0.2, 0.25) is 0 Å². The van der Waals surface area contributed by atoms with Gasteiger partial charge in [0.2, 0.25) is 0 Å². The fourth-order valence-electron chi connectivity index (χ4n) is 1.89. The van der Waals surface area contributed by atoms with Gasteiger partial charge in [0.25, 0.3) is 0 Å². The molecule has 0 amide bonds. The SMILES string of the molecule is C=CCC(CCC1CCCCO1)NN. The van der Waals surface area contributed by atoms with Gasteiger partial charge in [-0.25, -0.2) is 0 Å². The molecular weight excluding hydrogens is 176 g/mol. The third kappa shape index (κ3) is 4.22. The predicted molar refractivity (Wildman–Crippen MR) is 58.8 cm³/mol. The Balaban J connectivity index is 2.13. The molecule has 0 aliphatic carbocycles. The lowest BCUT2D eigenvalue weighted by molar-refractivity contribution is 0.00863. The van der Waals surface area contributed by atoms with Crippen LogP contribution in [-0.4, -0.2) is 18.8 Å². The van der Waals surface area contributed by atoms with Crippen LogP contribution in [0.1, 0.15) is 38.5 Å². The number of hydrogen-bond acceptors (Lipinski definition) is 3. The topological polar surface area (TPSA) is 47.3 Å². The van der Waals surface area contributed by atoms with E-state index in [1.165, 1.54) is 19.3 Å². The summed E-state index contributed by atoms with van der Waals surface area (Å²) in [6.45, 7) is 4.65. The highest BCUT2D eigenvalue weighted by atomic mass is 16.5. The second kappa shape index (κ2) is 6.98. The minimum Gasteiger partial charge on any atom is -0.378 e. The summed E-state index contributed by atoms with van der Waals surface area (Å²) in [5, 5.41) is 0. The minimum atomic E-state index is 0.359. The number of nitrogens with one attached hydrogen (secondary N) is 1. The summed E-state index contributed by atoms with van der Waals surface area (Å²) in [7, 11) is 0. The first-order chi connectivity index (χ1) is 6.86. The van der Waals surface area contributed by atoms with Gasteiger partial charge in [-0.2, -0.15) is 0 Å². The fourth-order valence-corrected chi connectivity index (χ4v) is 1.89. The summed E-state index contributed by atoms with van der Waals surface area (Å²) in [5.41, 5.74) is 2.82. The Hall–Kier alpha value is -0.380. The zero-order chi connectivity index (χ0) is 10.2.